The molecule has 1 amide bonds. The summed E-state index contributed by atoms with van der Waals surface area (Å²) in [7, 11) is -3.87. The van der Waals surface area contributed by atoms with Gasteiger partial charge < -0.3 is 14.8 Å². The van der Waals surface area contributed by atoms with Crippen molar-refractivity contribution < 1.29 is 22.7 Å². The van der Waals surface area contributed by atoms with Crippen LogP contribution in [0.15, 0.2) is 35.7 Å². The van der Waals surface area contributed by atoms with E-state index in [1.165, 1.54) is 12.1 Å². The number of fused-ring (bicyclic) bond motifs is 1. The first-order valence-corrected chi connectivity index (χ1v) is 10.6. The van der Waals surface area contributed by atoms with Crippen molar-refractivity contribution in [2.75, 3.05) is 31.8 Å². The molecule has 0 bridgehead atoms. The molecule has 0 spiro atoms. The summed E-state index contributed by atoms with van der Waals surface area (Å²) < 4.78 is 38.6. The number of carbonyl (C=O) groups excluding carboxylic acids is 1. The van der Waals surface area contributed by atoms with Crippen molar-refractivity contribution in [1.29, 1.82) is 0 Å². The Morgan fingerprint density at radius 1 is 1.36 bits per heavy atom. The number of nitrogens with one attached hydrogen (secondary N) is 2. The lowest BCUT2D eigenvalue weighted by molar-refractivity contribution is -0.122. The van der Waals surface area contributed by atoms with Crippen molar-refractivity contribution in [3.05, 3.63) is 30.9 Å². The van der Waals surface area contributed by atoms with E-state index in [1.54, 1.807) is 23.9 Å². The van der Waals surface area contributed by atoms with E-state index >= 15 is 0 Å². The summed E-state index contributed by atoms with van der Waals surface area (Å²) in [6.07, 6.45) is 3.82. The molecule has 2 N–H and O–H groups in total. The van der Waals surface area contributed by atoms with Crippen molar-refractivity contribution in [2.24, 2.45) is 0 Å². The van der Waals surface area contributed by atoms with Gasteiger partial charge in [0.1, 0.15) is 19.3 Å². The molecular weight excluding hydrogens is 364 g/mol. The van der Waals surface area contributed by atoms with Crippen LogP contribution in [-0.4, -0.2) is 52.1 Å². The molecule has 2 rings (SSSR count). The molecule has 0 aliphatic carbocycles. The summed E-state index contributed by atoms with van der Waals surface area (Å²) in [5.74, 6) is 1.16. The lowest BCUT2D eigenvalue weighted by Crippen LogP contribution is -2.47. The van der Waals surface area contributed by atoms with Gasteiger partial charge in [0, 0.05) is 12.6 Å². The molecule has 7 nitrogen and oxygen atoms in total. The molecule has 0 fully saturated rings. The lowest BCUT2D eigenvalue weighted by Gasteiger charge is -2.20. The van der Waals surface area contributed by atoms with Crippen molar-refractivity contribution >= 4 is 27.7 Å². The predicted octanol–water partition coefficient (Wildman–Crippen LogP) is 1.16. The predicted molar refractivity (Wildman–Crippen MR) is 97.7 cm³/mol. The number of amides is 1. The summed E-state index contributed by atoms with van der Waals surface area (Å²) in [6, 6.07) is 3.54. The highest BCUT2D eigenvalue weighted by Gasteiger charge is 2.26. The zero-order chi connectivity index (χ0) is 18.3. The van der Waals surface area contributed by atoms with Gasteiger partial charge in [0.15, 0.2) is 11.5 Å². The number of rotatable bonds is 9. The molecule has 138 valence electrons. The molecule has 9 heteroatoms. The Morgan fingerprint density at radius 2 is 2.08 bits per heavy atom. The monoisotopic (exact) mass is 386 g/mol. The van der Waals surface area contributed by atoms with E-state index in [0.717, 1.165) is 0 Å². The van der Waals surface area contributed by atoms with Crippen LogP contribution in [0.4, 0.5) is 0 Å². The van der Waals surface area contributed by atoms with Gasteiger partial charge in [-0.3, -0.25) is 4.79 Å². The molecule has 0 aromatic heterocycles. The van der Waals surface area contributed by atoms with Crippen LogP contribution in [0.25, 0.3) is 0 Å². The van der Waals surface area contributed by atoms with E-state index < -0.39 is 16.1 Å². The minimum Gasteiger partial charge on any atom is -0.486 e. The van der Waals surface area contributed by atoms with Crippen LogP contribution in [0.1, 0.15) is 6.42 Å². The van der Waals surface area contributed by atoms with Crippen molar-refractivity contribution in [2.45, 2.75) is 17.4 Å². The molecule has 1 unspecified atom stereocenters. The summed E-state index contributed by atoms with van der Waals surface area (Å²) in [6.45, 7) is 4.61. The molecule has 1 aliphatic heterocycles. The van der Waals surface area contributed by atoms with Crippen LogP contribution in [0, 0.1) is 0 Å². The van der Waals surface area contributed by atoms with Crippen LogP contribution < -0.4 is 19.5 Å². The van der Waals surface area contributed by atoms with Gasteiger partial charge in [0.05, 0.1) is 4.90 Å². The average Bonchev–Trinajstić information content (AvgIpc) is 2.62. The van der Waals surface area contributed by atoms with Crippen molar-refractivity contribution in [3.63, 3.8) is 0 Å². The van der Waals surface area contributed by atoms with Gasteiger partial charge in [-0.25, -0.2) is 8.42 Å². The van der Waals surface area contributed by atoms with E-state index in [1.807, 2.05) is 6.26 Å². The highest BCUT2D eigenvalue weighted by atomic mass is 32.2. The van der Waals surface area contributed by atoms with Crippen LogP contribution >= 0.6 is 11.8 Å². The fraction of sp³-hybridized carbons (Fsp3) is 0.438. The van der Waals surface area contributed by atoms with E-state index in [0.29, 0.717) is 36.9 Å². The molecule has 25 heavy (non-hydrogen) atoms. The second-order valence-electron chi connectivity index (χ2n) is 5.29. The highest BCUT2D eigenvalue weighted by Crippen LogP contribution is 2.32. The maximum atomic E-state index is 12.7. The highest BCUT2D eigenvalue weighted by molar-refractivity contribution is 7.98. The Balaban J connectivity index is 2.17. The molecule has 0 saturated heterocycles. The molecule has 1 aromatic carbocycles. The third kappa shape index (κ3) is 5.38. The summed E-state index contributed by atoms with van der Waals surface area (Å²) in [5.41, 5.74) is 0. The van der Waals surface area contributed by atoms with Gasteiger partial charge in [0.2, 0.25) is 15.9 Å². The molecule has 0 radical (unpaired) electrons. The topological polar surface area (TPSA) is 93.7 Å². The summed E-state index contributed by atoms with van der Waals surface area (Å²) >= 11 is 1.54. The quantitative estimate of drug-likeness (QED) is 0.619. The Hall–Kier alpha value is -1.71. The van der Waals surface area contributed by atoms with Crippen LogP contribution in [0.5, 0.6) is 11.5 Å². The Labute approximate surface area is 152 Å². The molecule has 0 saturated carbocycles. The maximum Gasteiger partial charge on any atom is 0.241 e. The third-order valence-corrected chi connectivity index (χ3v) is 5.58. The summed E-state index contributed by atoms with van der Waals surface area (Å²) in [5, 5.41) is 2.63. The maximum absolute atomic E-state index is 12.7. The van der Waals surface area contributed by atoms with Crippen molar-refractivity contribution in [3.8, 4) is 11.5 Å². The van der Waals surface area contributed by atoms with Crippen molar-refractivity contribution in [1.82, 2.24) is 10.0 Å². The normalized spacial score (nSPS) is 14.6. The first-order chi connectivity index (χ1) is 12.0. The minimum absolute atomic E-state index is 0.0300. The number of carbonyl (C=O) groups is 1. The fourth-order valence-corrected chi connectivity index (χ4v) is 3.94. The Kier molecular flexibility index (Phi) is 7.15. The lowest BCUT2D eigenvalue weighted by atomic mass is 10.2. The van der Waals surface area contributed by atoms with Gasteiger partial charge in [-0.05, 0) is 30.6 Å². The Bertz CT molecular complexity index is 721. The molecule has 1 aliphatic rings. The first kappa shape index (κ1) is 19.6. The van der Waals surface area contributed by atoms with Gasteiger partial charge in [-0.2, -0.15) is 16.5 Å². The average molecular weight is 386 g/mol. The SMILES string of the molecule is C=CCNC(=O)C(CCSC)NS(=O)(=O)c1ccc2c(c1)OCCO2. The van der Waals surface area contributed by atoms with Gasteiger partial charge >= 0.3 is 0 Å². The molecule has 1 heterocycles. The molecule has 1 aromatic rings. The third-order valence-electron chi connectivity index (χ3n) is 3.47. The zero-order valence-electron chi connectivity index (χ0n) is 14.0. The number of thioether (sulfide) groups is 1. The standard InChI is InChI=1S/C16H22N2O5S2/c1-3-7-17-16(19)13(6-10-24-2)18-25(20,21)12-4-5-14-15(11-12)23-9-8-22-14/h3-5,11,13,18H,1,6-10H2,2H3,(H,17,19). The fourth-order valence-electron chi connectivity index (χ4n) is 2.22. The summed E-state index contributed by atoms with van der Waals surface area (Å²) in [4.78, 5) is 12.2. The van der Waals surface area contributed by atoms with Gasteiger partial charge in [0.25, 0.3) is 0 Å². The molecular formula is C16H22N2O5S2. The van der Waals surface area contributed by atoms with E-state index in [9.17, 15) is 13.2 Å². The van der Waals surface area contributed by atoms with Gasteiger partial charge in [-0.1, -0.05) is 6.08 Å². The second-order valence-corrected chi connectivity index (χ2v) is 7.99. The smallest absolute Gasteiger partial charge is 0.241 e. The van der Waals surface area contributed by atoms with Gasteiger partial charge in [-0.15, -0.1) is 6.58 Å². The first-order valence-electron chi connectivity index (χ1n) is 7.77. The minimum atomic E-state index is -3.87. The largest absolute Gasteiger partial charge is 0.486 e. The zero-order valence-corrected chi connectivity index (χ0v) is 15.6. The second kappa shape index (κ2) is 9.12. The number of hydrogen-bond acceptors (Lipinski definition) is 6. The van der Waals surface area contributed by atoms with E-state index in [-0.39, 0.29) is 17.3 Å². The van der Waals surface area contributed by atoms with Crippen LogP contribution in [0.2, 0.25) is 0 Å². The number of ether oxygens (including phenoxy) is 2. The van der Waals surface area contributed by atoms with E-state index in [4.69, 9.17) is 9.47 Å². The van der Waals surface area contributed by atoms with Crippen LogP contribution in [0.3, 0.4) is 0 Å². The van der Waals surface area contributed by atoms with E-state index in [2.05, 4.69) is 16.6 Å². The Morgan fingerprint density at radius 3 is 2.76 bits per heavy atom. The molecule has 1 atom stereocenters. The number of hydrogen-bond donors (Lipinski definition) is 2. The number of benzene rings is 1. The van der Waals surface area contributed by atoms with Crippen LogP contribution in [-0.2, 0) is 14.8 Å². The number of sulfonamides is 1.